The lowest BCUT2D eigenvalue weighted by Crippen LogP contribution is -2.62. The topological polar surface area (TPSA) is 41.3 Å². The average molecular weight is 287 g/mol. The van der Waals surface area contributed by atoms with Crippen molar-refractivity contribution in [1.82, 2.24) is 10.4 Å². The molecular formula is C18H29N3. The Labute approximate surface area is 128 Å². The summed E-state index contributed by atoms with van der Waals surface area (Å²) < 4.78 is 0. The van der Waals surface area contributed by atoms with Crippen molar-refractivity contribution in [2.75, 3.05) is 6.54 Å². The number of nitrogens with one attached hydrogen (secondary N) is 1. The zero-order valence-electron chi connectivity index (χ0n) is 13.4. The molecule has 3 heteroatoms. The highest BCUT2D eigenvalue weighted by molar-refractivity contribution is 5.36. The molecule has 0 saturated carbocycles. The molecule has 21 heavy (non-hydrogen) atoms. The van der Waals surface area contributed by atoms with Gasteiger partial charge in [0, 0.05) is 18.6 Å². The third-order valence-corrected chi connectivity index (χ3v) is 5.47. The van der Waals surface area contributed by atoms with Gasteiger partial charge in [0.25, 0.3) is 0 Å². The Morgan fingerprint density at radius 2 is 1.90 bits per heavy atom. The van der Waals surface area contributed by atoms with E-state index >= 15 is 0 Å². The number of hydrazine groups is 1. The summed E-state index contributed by atoms with van der Waals surface area (Å²) in [6, 6.07) is 10.0. The molecule has 0 spiro atoms. The van der Waals surface area contributed by atoms with Crippen LogP contribution < -0.4 is 11.2 Å². The Bertz CT molecular complexity index is 477. The van der Waals surface area contributed by atoms with Crippen LogP contribution in [0.2, 0.25) is 0 Å². The van der Waals surface area contributed by atoms with E-state index in [9.17, 15) is 0 Å². The summed E-state index contributed by atoms with van der Waals surface area (Å²) in [4.78, 5) is 0. The van der Waals surface area contributed by atoms with Crippen molar-refractivity contribution in [3.63, 3.8) is 0 Å². The first-order valence-corrected chi connectivity index (χ1v) is 8.51. The SMILES string of the molecule is CC1CCCC(C)N1NC1(CN)CCCc2ccccc21. The second-order valence-corrected chi connectivity index (χ2v) is 6.94. The predicted molar refractivity (Wildman–Crippen MR) is 87.9 cm³/mol. The van der Waals surface area contributed by atoms with Crippen LogP contribution >= 0.6 is 0 Å². The van der Waals surface area contributed by atoms with Gasteiger partial charge >= 0.3 is 0 Å². The van der Waals surface area contributed by atoms with Gasteiger partial charge < -0.3 is 5.73 Å². The second kappa shape index (κ2) is 6.07. The maximum Gasteiger partial charge on any atom is 0.0699 e. The normalized spacial score (nSPS) is 33.7. The quantitative estimate of drug-likeness (QED) is 0.898. The van der Waals surface area contributed by atoms with Crippen LogP contribution in [0.4, 0.5) is 0 Å². The highest BCUT2D eigenvalue weighted by atomic mass is 15.6. The van der Waals surface area contributed by atoms with Gasteiger partial charge in [0.05, 0.1) is 5.54 Å². The summed E-state index contributed by atoms with van der Waals surface area (Å²) in [5.74, 6) is 0. The molecule has 0 radical (unpaired) electrons. The van der Waals surface area contributed by atoms with Crippen LogP contribution in [0.15, 0.2) is 24.3 Å². The number of nitrogens with zero attached hydrogens (tertiary/aromatic N) is 1. The van der Waals surface area contributed by atoms with Crippen LogP contribution in [0.1, 0.15) is 57.1 Å². The van der Waals surface area contributed by atoms with E-state index in [1.165, 1.54) is 43.2 Å². The lowest BCUT2D eigenvalue weighted by atomic mass is 9.76. The first-order valence-electron chi connectivity index (χ1n) is 8.51. The molecule has 3 N–H and O–H groups in total. The molecule has 116 valence electrons. The number of piperidine rings is 1. The van der Waals surface area contributed by atoms with Crippen molar-refractivity contribution in [3.8, 4) is 0 Å². The Balaban J connectivity index is 1.91. The fraction of sp³-hybridized carbons (Fsp3) is 0.667. The summed E-state index contributed by atoms with van der Waals surface area (Å²) in [6.45, 7) is 5.34. The molecule has 0 amide bonds. The molecule has 0 aromatic heterocycles. The highest BCUT2D eigenvalue weighted by Gasteiger charge is 2.39. The van der Waals surface area contributed by atoms with Crippen LogP contribution in [0.5, 0.6) is 0 Å². The van der Waals surface area contributed by atoms with Gasteiger partial charge in [-0.1, -0.05) is 30.7 Å². The molecular weight excluding hydrogens is 258 g/mol. The van der Waals surface area contributed by atoms with Crippen LogP contribution in [0.3, 0.4) is 0 Å². The van der Waals surface area contributed by atoms with E-state index < -0.39 is 0 Å². The van der Waals surface area contributed by atoms with Crippen molar-refractivity contribution in [1.29, 1.82) is 0 Å². The van der Waals surface area contributed by atoms with Crippen molar-refractivity contribution >= 4 is 0 Å². The van der Waals surface area contributed by atoms with Crippen molar-refractivity contribution < 1.29 is 0 Å². The van der Waals surface area contributed by atoms with Crippen molar-refractivity contribution in [3.05, 3.63) is 35.4 Å². The summed E-state index contributed by atoms with van der Waals surface area (Å²) in [5, 5.41) is 2.48. The van der Waals surface area contributed by atoms with Gasteiger partial charge in [-0.2, -0.15) is 0 Å². The van der Waals surface area contributed by atoms with Gasteiger partial charge in [-0.15, -0.1) is 0 Å². The molecule has 1 aromatic carbocycles. The third-order valence-electron chi connectivity index (χ3n) is 5.47. The molecule has 1 aliphatic carbocycles. The molecule has 1 heterocycles. The van der Waals surface area contributed by atoms with Crippen molar-refractivity contribution in [2.45, 2.75) is 70.0 Å². The standard InChI is InChI=1S/C18H29N3/c1-14-7-5-8-15(2)21(14)20-18(13-19)12-6-10-16-9-3-4-11-17(16)18/h3-4,9,11,14-15,20H,5-8,10,12-13,19H2,1-2H3. The molecule has 1 aromatic rings. The van der Waals surface area contributed by atoms with Gasteiger partial charge in [-0.25, -0.2) is 10.4 Å². The van der Waals surface area contributed by atoms with Gasteiger partial charge in [-0.05, 0) is 57.1 Å². The summed E-state index contributed by atoms with van der Waals surface area (Å²) in [5.41, 5.74) is 13.0. The van der Waals surface area contributed by atoms with E-state index in [1.54, 1.807) is 0 Å². The number of nitrogens with two attached hydrogens (primary N) is 1. The molecule has 3 nitrogen and oxygen atoms in total. The lowest BCUT2D eigenvalue weighted by molar-refractivity contribution is -0.00502. The molecule has 1 saturated heterocycles. The number of rotatable bonds is 3. The van der Waals surface area contributed by atoms with E-state index in [-0.39, 0.29) is 5.54 Å². The second-order valence-electron chi connectivity index (χ2n) is 6.94. The Morgan fingerprint density at radius 1 is 1.19 bits per heavy atom. The Hall–Kier alpha value is -0.900. The maximum absolute atomic E-state index is 6.27. The minimum atomic E-state index is -0.0747. The first kappa shape index (κ1) is 15.0. The molecule has 3 atom stereocenters. The molecule has 3 rings (SSSR count). The van der Waals surface area contributed by atoms with E-state index in [0.717, 1.165) is 6.42 Å². The maximum atomic E-state index is 6.27. The number of benzene rings is 1. The Morgan fingerprint density at radius 3 is 2.62 bits per heavy atom. The Kier molecular flexibility index (Phi) is 4.34. The molecule has 2 aliphatic rings. The van der Waals surface area contributed by atoms with Crippen LogP contribution in [0, 0.1) is 0 Å². The number of fused-ring (bicyclic) bond motifs is 1. The molecule has 1 aliphatic heterocycles. The number of hydrogen-bond donors (Lipinski definition) is 2. The zero-order valence-corrected chi connectivity index (χ0v) is 13.4. The van der Waals surface area contributed by atoms with E-state index in [2.05, 4.69) is 48.5 Å². The monoisotopic (exact) mass is 287 g/mol. The predicted octanol–water partition coefficient (Wildman–Crippen LogP) is 2.94. The van der Waals surface area contributed by atoms with Gasteiger partial charge in [0.1, 0.15) is 0 Å². The van der Waals surface area contributed by atoms with Gasteiger partial charge in [0.15, 0.2) is 0 Å². The fourth-order valence-corrected chi connectivity index (χ4v) is 4.18. The largest absolute Gasteiger partial charge is 0.328 e. The number of hydrogen-bond acceptors (Lipinski definition) is 3. The average Bonchev–Trinajstić information content (AvgIpc) is 2.51. The zero-order chi connectivity index (χ0) is 14.9. The smallest absolute Gasteiger partial charge is 0.0699 e. The highest BCUT2D eigenvalue weighted by Crippen LogP contribution is 2.36. The van der Waals surface area contributed by atoms with Crippen LogP contribution in [-0.2, 0) is 12.0 Å². The third kappa shape index (κ3) is 2.75. The molecule has 1 fully saturated rings. The molecule has 0 bridgehead atoms. The summed E-state index contributed by atoms with van der Waals surface area (Å²) in [7, 11) is 0. The van der Waals surface area contributed by atoms with E-state index in [4.69, 9.17) is 5.73 Å². The first-order chi connectivity index (χ1) is 10.2. The summed E-state index contributed by atoms with van der Waals surface area (Å²) in [6.07, 6.45) is 7.44. The van der Waals surface area contributed by atoms with Gasteiger partial charge in [0.2, 0.25) is 0 Å². The van der Waals surface area contributed by atoms with E-state index in [1.807, 2.05) is 0 Å². The fourth-order valence-electron chi connectivity index (χ4n) is 4.18. The minimum absolute atomic E-state index is 0.0747. The van der Waals surface area contributed by atoms with Crippen LogP contribution in [0.25, 0.3) is 0 Å². The van der Waals surface area contributed by atoms with Crippen LogP contribution in [-0.4, -0.2) is 23.6 Å². The minimum Gasteiger partial charge on any atom is -0.328 e. The van der Waals surface area contributed by atoms with Crippen molar-refractivity contribution in [2.24, 2.45) is 5.73 Å². The van der Waals surface area contributed by atoms with E-state index in [0.29, 0.717) is 18.6 Å². The lowest BCUT2D eigenvalue weighted by Gasteiger charge is -2.48. The molecule has 3 unspecified atom stereocenters. The van der Waals surface area contributed by atoms with Gasteiger partial charge in [-0.3, -0.25) is 0 Å². The number of aryl methyl sites for hydroxylation is 1. The summed E-state index contributed by atoms with van der Waals surface area (Å²) >= 11 is 0.